The molecule has 0 bridgehead atoms. The summed E-state index contributed by atoms with van der Waals surface area (Å²) in [6.07, 6.45) is 7.48. The van der Waals surface area contributed by atoms with Gasteiger partial charge in [-0.15, -0.1) is 0 Å². The molecular weight excluding hydrogens is 504 g/mol. The minimum atomic E-state index is -0.240. The number of amides is 2. The minimum Gasteiger partial charge on any atom is -0.496 e. The second-order valence-electron chi connectivity index (χ2n) is 10.4. The van der Waals surface area contributed by atoms with Gasteiger partial charge in [0.1, 0.15) is 11.6 Å². The summed E-state index contributed by atoms with van der Waals surface area (Å²) in [6, 6.07) is 9.11. The van der Waals surface area contributed by atoms with Gasteiger partial charge in [-0.25, -0.2) is 4.98 Å². The number of carbonyl (C=O) groups is 2. The lowest BCUT2D eigenvalue weighted by atomic mass is 9.74. The fraction of sp³-hybridized carbons (Fsp3) is 0.393. The third-order valence-corrected chi connectivity index (χ3v) is 8.29. The fourth-order valence-corrected chi connectivity index (χ4v) is 5.78. The standard InChI is InChI=1S/C28H27ClN6O3/c1-15(24-12-31-26(9-25(24)38-2)34-13-18-7-23(18)28(34)37)35-14-19(11-32-35)27(36)33-21-5-17(6-21)22-8-20(29)4-3-16(22)10-30/h3-4,8-9,11-12,14-15,17-18,21,23H,5-7,13H2,1-2H3,(H,33,36)/t15-,17-,18-,21+,23-/m1/s1. The molecule has 0 unspecified atom stereocenters. The number of benzene rings is 1. The van der Waals surface area contributed by atoms with E-state index in [2.05, 4.69) is 21.5 Å². The van der Waals surface area contributed by atoms with Crippen molar-refractivity contribution in [3.05, 3.63) is 70.1 Å². The Kier molecular flexibility index (Phi) is 6.07. The van der Waals surface area contributed by atoms with Crippen molar-refractivity contribution < 1.29 is 14.3 Å². The van der Waals surface area contributed by atoms with Gasteiger partial charge in [0.05, 0.1) is 36.5 Å². The quantitative estimate of drug-likeness (QED) is 0.492. The SMILES string of the molecule is COc1cc(N2C[C@H]3C[C@H]3C2=O)ncc1[C@@H](C)n1cc(C(=O)N[C@H]2C[C@@H](c3cc(Cl)ccc3C#N)C2)cn1. The Morgan fingerprint density at radius 1 is 1.26 bits per heavy atom. The Balaban J connectivity index is 1.10. The maximum atomic E-state index is 12.9. The van der Waals surface area contributed by atoms with Gasteiger partial charge in [-0.2, -0.15) is 10.4 Å². The summed E-state index contributed by atoms with van der Waals surface area (Å²) >= 11 is 6.12. The van der Waals surface area contributed by atoms with Gasteiger partial charge in [-0.3, -0.25) is 19.2 Å². The van der Waals surface area contributed by atoms with Crippen LogP contribution in [0.5, 0.6) is 5.75 Å². The second-order valence-corrected chi connectivity index (χ2v) is 10.8. The van der Waals surface area contributed by atoms with Crippen molar-refractivity contribution >= 4 is 29.2 Å². The number of fused-ring (bicyclic) bond motifs is 1. The van der Waals surface area contributed by atoms with E-state index in [0.29, 0.717) is 40.2 Å². The lowest BCUT2D eigenvalue weighted by molar-refractivity contribution is -0.118. The summed E-state index contributed by atoms with van der Waals surface area (Å²) in [5.74, 6) is 1.99. The molecule has 1 aliphatic heterocycles. The van der Waals surface area contributed by atoms with Crippen LogP contribution in [0.2, 0.25) is 5.02 Å². The third kappa shape index (κ3) is 4.29. The van der Waals surface area contributed by atoms with Crippen molar-refractivity contribution in [1.82, 2.24) is 20.1 Å². The molecule has 0 radical (unpaired) electrons. The first-order chi connectivity index (χ1) is 18.4. The Morgan fingerprint density at radius 2 is 2.08 bits per heavy atom. The number of nitriles is 1. The summed E-state index contributed by atoms with van der Waals surface area (Å²) in [5.41, 5.74) is 2.83. The molecule has 10 heteroatoms. The summed E-state index contributed by atoms with van der Waals surface area (Å²) in [4.78, 5) is 31.7. The smallest absolute Gasteiger partial charge is 0.254 e. The number of methoxy groups -OCH3 is 1. The maximum absolute atomic E-state index is 12.9. The van der Waals surface area contributed by atoms with E-state index in [4.69, 9.17) is 16.3 Å². The summed E-state index contributed by atoms with van der Waals surface area (Å²) in [7, 11) is 1.59. The number of nitrogens with one attached hydrogen (secondary N) is 1. The predicted molar refractivity (Wildman–Crippen MR) is 140 cm³/mol. The van der Waals surface area contributed by atoms with Gasteiger partial charge in [-0.05, 0) is 61.8 Å². The number of anilines is 1. The molecule has 2 aliphatic carbocycles. The predicted octanol–water partition coefficient (Wildman–Crippen LogP) is 4.08. The van der Waals surface area contributed by atoms with Crippen molar-refractivity contribution in [3.63, 3.8) is 0 Å². The van der Waals surface area contributed by atoms with E-state index >= 15 is 0 Å². The number of rotatable bonds is 7. The first-order valence-corrected chi connectivity index (χ1v) is 13.1. The second kappa shape index (κ2) is 9.44. The van der Waals surface area contributed by atoms with Crippen LogP contribution in [-0.4, -0.2) is 46.3 Å². The van der Waals surface area contributed by atoms with Gasteiger partial charge < -0.3 is 10.1 Å². The average Bonchev–Trinajstić information content (AvgIpc) is 3.36. The minimum absolute atomic E-state index is 0.0231. The molecule has 3 atom stereocenters. The molecule has 194 valence electrons. The zero-order valence-corrected chi connectivity index (χ0v) is 21.9. The number of piperidine rings is 1. The van der Waals surface area contributed by atoms with Crippen molar-refractivity contribution in [2.45, 2.75) is 44.2 Å². The molecule has 2 amide bonds. The molecule has 3 heterocycles. The normalized spacial score (nSPS) is 24.3. The summed E-state index contributed by atoms with van der Waals surface area (Å²) in [6.45, 7) is 2.67. The zero-order chi connectivity index (χ0) is 26.6. The molecule has 1 aromatic carbocycles. The molecule has 2 saturated carbocycles. The number of nitrogens with zero attached hydrogens (tertiary/aromatic N) is 5. The topological polar surface area (TPSA) is 113 Å². The number of aromatic nitrogens is 3. The van der Waals surface area contributed by atoms with Crippen LogP contribution in [-0.2, 0) is 4.79 Å². The molecule has 9 nitrogen and oxygen atoms in total. The highest BCUT2D eigenvalue weighted by Crippen LogP contribution is 2.47. The van der Waals surface area contributed by atoms with E-state index in [1.807, 2.05) is 13.0 Å². The zero-order valence-electron chi connectivity index (χ0n) is 21.1. The molecule has 0 spiro atoms. The molecule has 3 aliphatic rings. The Hall–Kier alpha value is -3.90. The number of halogens is 1. The van der Waals surface area contributed by atoms with Gasteiger partial charge >= 0.3 is 0 Å². The van der Waals surface area contributed by atoms with Crippen LogP contribution in [0.3, 0.4) is 0 Å². The number of carbonyl (C=O) groups excluding carboxylic acids is 2. The Bertz CT molecular complexity index is 1470. The lowest BCUT2D eigenvalue weighted by Gasteiger charge is -2.36. The van der Waals surface area contributed by atoms with Crippen molar-refractivity contribution in [2.75, 3.05) is 18.6 Å². The molecule has 38 heavy (non-hydrogen) atoms. The van der Waals surface area contributed by atoms with Gasteiger partial charge in [0.2, 0.25) is 5.91 Å². The van der Waals surface area contributed by atoms with E-state index in [1.165, 1.54) is 0 Å². The van der Waals surface area contributed by atoms with Crippen LogP contribution in [0.25, 0.3) is 0 Å². The van der Waals surface area contributed by atoms with Crippen LogP contribution in [0.1, 0.15) is 65.2 Å². The maximum Gasteiger partial charge on any atom is 0.254 e. The molecule has 3 aromatic rings. The molecule has 3 fully saturated rings. The molecule has 6 rings (SSSR count). The van der Waals surface area contributed by atoms with Crippen LogP contribution < -0.4 is 15.0 Å². The molecule has 1 saturated heterocycles. The third-order valence-electron chi connectivity index (χ3n) is 8.06. The van der Waals surface area contributed by atoms with Crippen LogP contribution in [0, 0.1) is 23.2 Å². The number of ether oxygens (including phenoxy) is 1. The summed E-state index contributed by atoms with van der Waals surface area (Å²) < 4.78 is 7.34. The van der Waals surface area contributed by atoms with Gasteiger partial charge in [0.15, 0.2) is 0 Å². The van der Waals surface area contributed by atoms with E-state index in [9.17, 15) is 14.9 Å². The van der Waals surface area contributed by atoms with Gasteiger partial charge in [0, 0.05) is 47.6 Å². The van der Waals surface area contributed by atoms with Crippen molar-refractivity contribution in [1.29, 1.82) is 5.26 Å². The van der Waals surface area contributed by atoms with Gasteiger partial charge in [0.25, 0.3) is 5.91 Å². The Morgan fingerprint density at radius 3 is 2.79 bits per heavy atom. The first kappa shape index (κ1) is 24.4. The van der Waals surface area contributed by atoms with E-state index in [1.54, 1.807) is 53.5 Å². The number of hydrogen-bond acceptors (Lipinski definition) is 6. The largest absolute Gasteiger partial charge is 0.496 e. The monoisotopic (exact) mass is 530 g/mol. The fourth-order valence-electron chi connectivity index (χ4n) is 5.60. The molecule has 1 N–H and O–H groups in total. The lowest BCUT2D eigenvalue weighted by Crippen LogP contribution is -2.43. The molecular formula is C28H27ClN6O3. The highest BCUT2D eigenvalue weighted by molar-refractivity contribution is 6.30. The number of pyridine rings is 1. The van der Waals surface area contributed by atoms with E-state index < -0.39 is 0 Å². The molecule has 2 aromatic heterocycles. The first-order valence-electron chi connectivity index (χ1n) is 12.8. The van der Waals surface area contributed by atoms with E-state index in [0.717, 1.165) is 30.4 Å². The average molecular weight is 531 g/mol. The number of hydrogen-bond donors (Lipinski definition) is 1. The van der Waals surface area contributed by atoms with Crippen LogP contribution in [0.4, 0.5) is 5.82 Å². The van der Waals surface area contributed by atoms with Crippen molar-refractivity contribution in [3.8, 4) is 11.8 Å². The van der Waals surface area contributed by atoms with E-state index in [-0.39, 0.29) is 35.7 Å². The van der Waals surface area contributed by atoms with Gasteiger partial charge in [-0.1, -0.05) is 11.6 Å². The van der Waals surface area contributed by atoms with Crippen molar-refractivity contribution in [2.24, 2.45) is 11.8 Å². The Labute approximate surface area is 225 Å². The highest BCUT2D eigenvalue weighted by atomic mass is 35.5. The summed E-state index contributed by atoms with van der Waals surface area (Å²) in [5, 5.41) is 17.5. The van der Waals surface area contributed by atoms with Crippen LogP contribution in [0.15, 0.2) is 42.9 Å². The highest BCUT2D eigenvalue weighted by Gasteiger charge is 2.53. The van der Waals surface area contributed by atoms with Crippen LogP contribution >= 0.6 is 11.6 Å².